The van der Waals surface area contributed by atoms with Gasteiger partial charge in [-0.2, -0.15) is 0 Å². The molecule has 0 bridgehead atoms. The highest BCUT2D eigenvalue weighted by Crippen LogP contribution is 2.26. The highest BCUT2D eigenvalue weighted by molar-refractivity contribution is 5.94. The molecular formula is C15H20O5. The molecule has 0 aliphatic heterocycles. The van der Waals surface area contributed by atoms with Crippen molar-refractivity contribution in [1.29, 1.82) is 0 Å². The average Bonchev–Trinajstić information content (AvgIpc) is 2.30. The number of phenols is 1. The third-order valence-electron chi connectivity index (χ3n) is 2.58. The smallest absolute Gasteiger partial charge is 0.313 e. The predicted octanol–water partition coefficient (Wildman–Crippen LogP) is 2.46. The molecule has 5 heteroatoms. The van der Waals surface area contributed by atoms with Crippen molar-refractivity contribution in [2.75, 3.05) is 0 Å². The van der Waals surface area contributed by atoms with Crippen LogP contribution in [0, 0.1) is 0 Å². The van der Waals surface area contributed by atoms with Gasteiger partial charge in [0.2, 0.25) is 0 Å². The van der Waals surface area contributed by atoms with Crippen LogP contribution in [0.4, 0.5) is 0 Å². The average molecular weight is 280 g/mol. The first-order valence-electron chi connectivity index (χ1n) is 6.52. The van der Waals surface area contributed by atoms with Crippen LogP contribution in [0.5, 0.6) is 11.5 Å². The van der Waals surface area contributed by atoms with E-state index in [1.165, 1.54) is 6.92 Å². The molecule has 1 aromatic carbocycles. The number of phenolic OH excluding ortho intramolecular Hbond substituents is 1. The van der Waals surface area contributed by atoms with Crippen LogP contribution >= 0.6 is 0 Å². The van der Waals surface area contributed by atoms with Gasteiger partial charge < -0.3 is 14.6 Å². The summed E-state index contributed by atoms with van der Waals surface area (Å²) in [6.07, 6.45) is -0.331. The maximum absolute atomic E-state index is 11.3. The summed E-state index contributed by atoms with van der Waals surface area (Å²) in [5.74, 6) is -0.289. The van der Waals surface area contributed by atoms with E-state index < -0.39 is 5.97 Å². The SMILES string of the molecule is CC(=O)CC(=O)O[C@H](C)C[C@H](C)Oc1ccccc1O. The van der Waals surface area contributed by atoms with Crippen LogP contribution in [0.15, 0.2) is 24.3 Å². The zero-order valence-corrected chi connectivity index (χ0v) is 12.0. The molecule has 110 valence electrons. The second-order valence-corrected chi connectivity index (χ2v) is 4.81. The second kappa shape index (κ2) is 7.53. The lowest BCUT2D eigenvalue weighted by atomic mass is 10.2. The van der Waals surface area contributed by atoms with Gasteiger partial charge in [0.05, 0.1) is 6.10 Å². The number of Topliss-reactive ketones (excluding diaryl/α,β-unsaturated/α-hetero) is 1. The standard InChI is InChI=1S/C15H20O5/c1-10(16)8-15(18)20-12(3)9-11(2)19-14-7-5-4-6-13(14)17/h4-7,11-12,17H,8-9H2,1-3H3/t11-,12+/m0/s1. The molecule has 0 spiro atoms. The summed E-state index contributed by atoms with van der Waals surface area (Å²) in [6, 6.07) is 6.67. The normalized spacial score (nSPS) is 13.3. The first kappa shape index (κ1) is 16.0. The zero-order chi connectivity index (χ0) is 15.1. The molecule has 0 heterocycles. The van der Waals surface area contributed by atoms with Gasteiger partial charge in [-0.05, 0) is 32.9 Å². The van der Waals surface area contributed by atoms with Gasteiger partial charge in [-0.15, -0.1) is 0 Å². The quantitative estimate of drug-likeness (QED) is 0.613. The minimum atomic E-state index is -0.528. The van der Waals surface area contributed by atoms with Crippen molar-refractivity contribution >= 4 is 11.8 Å². The van der Waals surface area contributed by atoms with Crippen molar-refractivity contribution in [3.05, 3.63) is 24.3 Å². The lowest BCUT2D eigenvalue weighted by Crippen LogP contribution is -2.24. The molecule has 0 unspecified atom stereocenters. The lowest BCUT2D eigenvalue weighted by molar-refractivity contribution is -0.150. The van der Waals surface area contributed by atoms with Gasteiger partial charge in [-0.3, -0.25) is 9.59 Å². The van der Waals surface area contributed by atoms with Crippen LogP contribution in [0.3, 0.4) is 0 Å². The van der Waals surface area contributed by atoms with E-state index in [0.29, 0.717) is 12.2 Å². The molecule has 1 aromatic rings. The Balaban J connectivity index is 2.42. The number of hydrogen-bond donors (Lipinski definition) is 1. The number of ether oxygens (including phenoxy) is 2. The summed E-state index contributed by atoms with van der Waals surface area (Å²) in [5.41, 5.74) is 0. The Hall–Kier alpha value is -2.04. The predicted molar refractivity (Wildman–Crippen MR) is 73.7 cm³/mol. The van der Waals surface area contributed by atoms with Crippen molar-refractivity contribution in [2.45, 2.75) is 45.8 Å². The number of ketones is 1. The van der Waals surface area contributed by atoms with E-state index in [-0.39, 0.29) is 30.2 Å². The molecule has 0 saturated heterocycles. The number of hydrogen-bond acceptors (Lipinski definition) is 5. The molecule has 20 heavy (non-hydrogen) atoms. The van der Waals surface area contributed by atoms with Gasteiger partial charge in [0.25, 0.3) is 0 Å². The zero-order valence-electron chi connectivity index (χ0n) is 12.0. The number of aromatic hydroxyl groups is 1. The summed E-state index contributed by atoms with van der Waals surface area (Å²) in [6.45, 7) is 4.90. The van der Waals surface area contributed by atoms with E-state index in [2.05, 4.69) is 0 Å². The third kappa shape index (κ3) is 5.73. The summed E-state index contributed by atoms with van der Waals surface area (Å²) < 4.78 is 10.7. The second-order valence-electron chi connectivity index (χ2n) is 4.81. The molecular weight excluding hydrogens is 260 g/mol. The van der Waals surface area contributed by atoms with Crippen molar-refractivity contribution in [1.82, 2.24) is 0 Å². The van der Waals surface area contributed by atoms with E-state index in [4.69, 9.17) is 9.47 Å². The molecule has 0 aromatic heterocycles. The number of benzene rings is 1. The maximum Gasteiger partial charge on any atom is 0.313 e. The van der Waals surface area contributed by atoms with Crippen LogP contribution < -0.4 is 4.74 Å². The highest BCUT2D eigenvalue weighted by Gasteiger charge is 2.16. The van der Waals surface area contributed by atoms with Gasteiger partial charge in [-0.1, -0.05) is 12.1 Å². The number of carbonyl (C=O) groups excluding carboxylic acids is 2. The van der Waals surface area contributed by atoms with E-state index >= 15 is 0 Å². The van der Waals surface area contributed by atoms with Crippen molar-refractivity contribution in [3.63, 3.8) is 0 Å². The van der Waals surface area contributed by atoms with Gasteiger partial charge in [0.15, 0.2) is 11.5 Å². The molecule has 1 rings (SSSR count). The Morgan fingerprint density at radius 1 is 1.20 bits per heavy atom. The van der Waals surface area contributed by atoms with E-state index in [1.807, 2.05) is 6.92 Å². The van der Waals surface area contributed by atoms with Gasteiger partial charge >= 0.3 is 5.97 Å². The fourth-order valence-corrected chi connectivity index (χ4v) is 1.81. The molecule has 0 saturated carbocycles. The minimum absolute atomic E-state index is 0.0700. The molecule has 0 amide bonds. The largest absolute Gasteiger partial charge is 0.504 e. The molecule has 0 fully saturated rings. The van der Waals surface area contributed by atoms with Crippen LogP contribution in [0.1, 0.15) is 33.6 Å². The highest BCUT2D eigenvalue weighted by atomic mass is 16.5. The van der Waals surface area contributed by atoms with Crippen LogP contribution in [-0.2, 0) is 14.3 Å². The Bertz CT molecular complexity index is 469. The maximum atomic E-state index is 11.3. The number of rotatable bonds is 7. The van der Waals surface area contributed by atoms with E-state index in [1.54, 1.807) is 31.2 Å². The van der Waals surface area contributed by atoms with E-state index in [0.717, 1.165) is 0 Å². The number of para-hydroxylation sites is 2. The topological polar surface area (TPSA) is 72.8 Å². The summed E-state index contributed by atoms with van der Waals surface area (Å²) in [4.78, 5) is 22.1. The van der Waals surface area contributed by atoms with Crippen molar-refractivity contribution in [3.8, 4) is 11.5 Å². The summed E-state index contributed by atoms with van der Waals surface area (Å²) >= 11 is 0. The van der Waals surface area contributed by atoms with Crippen molar-refractivity contribution < 1.29 is 24.2 Å². The molecule has 2 atom stereocenters. The van der Waals surface area contributed by atoms with Crippen molar-refractivity contribution in [2.24, 2.45) is 0 Å². The fourth-order valence-electron chi connectivity index (χ4n) is 1.81. The molecule has 5 nitrogen and oxygen atoms in total. The Morgan fingerprint density at radius 3 is 2.45 bits per heavy atom. The van der Waals surface area contributed by atoms with Crippen LogP contribution in [-0.4, -0.2) is 29.1 Å². The van der Waals surface area contributed by atoms with E-state index in [9.17, 15) is 14.7 Å². The van der Waals surface area contributed by atoms with Crippen LogP contribution in [0.2, 0.25) is 0 Å². The van der Waals surface area contributed by atoms with Gasteiger partial charge in [0, 0.05) is 6.42 Å². The monoisotopic (exact) mass is 280 g/mol. The summed E-state index contributed by atoms with van der Waals surface area (Å²) in [7, 11) is 0. The molecule has 0 aliphatic carbocycles. The fraction of sp³-hybridized carbons (Fsp3) is 0.467. The Labute approximate surface area is 118 Å². The number of esters is 1. The first-order valence-corrected chi connectivity index (χ1v) is 6.52. The summed E-state index contributed by atoms with van der Waals surface area (Å²) in [5, 5.41) is 9.59. The van der Waals surface area contributed by atoms with Gasteiger partial charge in [-0.25, -0.2) is 0 Å². The third-order valence-corrected chi connectivity index (χ3v) is 2.58. The molecule has 0 aliphatic rings. The Kier molecular flexibility index (Phi) is 6.03. The molecule has 1 N–H and O–H groups in total. The van der Waals surface area contributed by atoms with Gasteiger partial charge in [0.1, 0.15) is 18.3 Å². The first-order chi connectivity index (χ1) is 9.38. The lowest BCUT2D eigenvalue weighted by Gasteiger charge is -2.19. The minimum Gasteiger partial charge on any atom is -0.504 e. The Morgan fingerprint density at radius 2 is 1.85 bits per heavy atom. The molecule has 0 radical (unpaired) electrons. The number of carbonyl (C=O) groups is 2. The van der Waals surface area contributed by atoms with Crippen LogP contribution in [0.25, 0.3) is 0 Å².